The zero-order valence-electron chi connectivity index (χ0n) is 16.4. The molecule has 1 aromatic rings. The van der Waals surface area contributed by atoms with Crippen LogP contribution in [0, 0.1) is 0 Å². The second-order valence-electron chi connectivity index (χ2n) is 7.84. The predicted molar refractivity (Wildman–Crippen MR) is 105 cm³/mol. The minimum Gasteiger partial charge on any atom is -0.490 e. The Morgan fingerprint density at radius 3 is 2.26 bits per heavy atom. The average Bonchev–Trinajstić information content (AvgIpc) is 2.60. The van der Waals surface area contributed by atoms with Crippen molar-refractivity contribution >= 4 is 23.6 Å². The second kappa shape index (κ2) is 8.83. The van der Waals surface area contributed by atoms with Crippen LogP contribution >= 0.6 is 11.6 Å². The van der Waals surface area contributed by atoms with Gasteiger partial charge in [-0.15, -0.1) is 0 Å². The SMILES string of the molecule is CC[C@@H](C(=O)N1CCC(Oc2ccc(Cl)cc2)CC1)N(C(=O)O)C(C)(C)C. The summed E-state index contributed by atoms with van der Waals surface area (Å²) in [6, 6.07) is 6.57. The molecule has 0 saturated carbocycles. The lowest BCUT2D eigenvalue weighted by molar-refractivity contribution is -0.140. The minimum atomic E-state index is -1.07. The number of rotatable bonds is 5. The summed E-state index contributed by atoms with van der Waals surface area (Å²) in [5.41, 5.74) is -0.641. The highest BCUT2D eigenvalue weighted by Gasteiger charge is 2.39. The van der Waals surface area contributed by atoms with Crippen molar-refractivity contribution in [2.45, 2.75) is 64.6 Å². The largest absolute Gasteiger partial charge is 0.490 e. The number of ether oxygens (including phenoxy) is 1. The number of amides is 2. The number of piperidine rings is 1. The molecular formula is C20H29ClN2O4. The van der Waals surface area contributed by atoms with Gasteiger partial charge >= 0.3 is 6.09 Å². The standard InChI is InChI=1S/C20H29ClN2O4/c1-5-17(23(19(25)26)20(2,3)4)18(24)22-12-10-16(11-13-22)27-15-8-6-14(21)7-9-15/h6-9,16-17H,5,10-13H2,1-4H3,(H,25,26)/t17-/m0/s1. The molecule has 7 heteroatoms. The summed E-state index contributed by atoms with van der Waals surface area (Å²) < 4.78 is 5.96. The van der Waals surface area contributed by atoms with E-state index in [0.717, 1.165) is 5.75 Å². The van der Waals surface area contributed by atoms with Crippen LogP contribution in [0.1, 0.15) is 47.0 Å². The highest BCUT2D eigenvalue weighted by Crippen LogP contribution is 2.24. The lowest BCUT2D eigenvalue weighted by Gasteiger charge is -2.41. The van der Waals surface area contributed by atoms with Gasteiger partial charge in [0.2, 0.25) is 5.91 Å². The van der Waals surface area contributed by atoms with E-state index in [2.05, 4.69) is 0 Å². The summed E-state index contributed by atoms with van der Waals surface area (Å²) >= 11 is 5.89. The molecule has 2 rings (SSSR count). The molecule has 0 aromatic heterocycles. The molecular weight excluding hydrogens is 368 g/mol. The number of carbonyl (C=O) groups excluding carboxylic acids is 1. The fourth-order valence-corrected chi connectivity index (χ4v) is 3.59. The van der Waals surface area contributed by atoms with Crippen LogP contribution in [0.4, 0.5) is 4.79 Å². The zero-order chi connectivity index (χ0) is 20.2. The fourth-order valence-electron chi connectivity index (χ4n) is 3.47. The maximum absolute atomic E-state index is 13.0. The van der Waals surface area contributed by atoms with Gasteiger partial charge in [-0.3, -0.25) is 9.69 Å². The molecule has 27 heavy (non-hydrogen) atoms. The van der Waals surface area contributed by atoms with E-state index >= 15 is 0 Å². The Morgan fingerprint density at radius 1 is 1.26 bits per heavy atom. The molecule has 1 N–H and O–H groups in total. The lowest BCUT2D eigenvalue weighted by Crippen LogP contribution is -2.58. The summed E-state index contributed by atoms with van der Waals surface area (Å²) in [5, 5.41) is 10.3. The van der Waals surface area contributed by atoms with Crippen LogP contribution in [-0.4, -0.2) is 57.7 Å². The van der Waals surface area contributed by atoms with E-state index in [9.17, 15) is 14.7 Å². The van der Waals surface area contributed by atoms with Crippen LogP contribution in [0.15, 0.2) is 24.3 Å². The van der Waals surface area contributed by atoms with E-state index in [1.165, 1.54) is 4.90 Å². The zero-order valence-corrected chi connectivity index (χ0v) is 17.2. The van der Waals surface area contributed by atoms with Gasteiger partial charge in [0.15, 0.2) is 0 Å². The molecule has 150 valence electrons. The summed E-state index contributed by atoms with van der Waals surface area (Å²) in [7, 11) is 0. The van der Waals surface area contributed by atoms with Crippen molar-refractivity contribution < 1.29 is 19.4 Å². The molecule has 1 heterocycles. The van der Waals surface area contributed by atoms with Gasteiger partial charge in [0.25, 0.3) is 0 Å². The van der Waals surface area contributed by atoms with Crippen LogP contribution in [0.2, 0.25) is 5.02 Å². The molecule has 1 atom stereocenters. The molecule has 1 fully saturated rings. The highest BCUT2D eigenvalue weighted by molar-refractivity contribution is 6.30. The van der Waals surface area contributed by atoms with Gasteiger partial charge < -0.3 is 14.7 Å². The first-order valence-electron chi connectivity index (χ1n) is 9.36. The Kier molecular flexibility index (Phi) is 6.98. The Bertz CT molecular complexity index is 649. The van der Waals surface area contributed by atoms with Crippen LogP contribution < -0.4 is 4.74 Å². The van der Waals surface area contributed by atoms with E-state index in [1.807, 2.05) is 39.8 Å². The van der Waals surface area contributed by atoms with Crippen LogP contribution in [0.3, 0.4) is 0 Å². The van der Waals surface area contributed by atoms with Gasteiger partial charge in [0, 0.05) is 36.5 Å². The van der Waals surface area contributed by atoms with E-state index in [1.54, 1.807) is 17.0 Å². The molecule has 1 aromatic carbocycles. The molecule has 2 amide bonds. The molecule has 0 aliphatic carbocycles. The van der Waals surface area contributed by atoms with Crippen molar-refractivity contribution in [1.29, 1.82) is 0 Å². The molecule has 0 spiro atoms. The number of benzene rings is 1. The Labute approximate surface area is 166 Å². The van der Waals surface area contributed by atoms with Crippen molar-refractivity contribution in [3.63, 3.8) is 0 Å². The monoisotopic (exact) mass is 396 g/mol. The first-order valence-corrected chi connectivity index (χ1v) is 9.74. The van der Waals surface area contributed by atoms with E-state index in [-0.39, 0.29) is 12.0 Å². The maximum atomic E-state index is 13.0. The molecule has 1 aliphatic rings. The van der Waals surface area contributed by atoms with Crippen molar-refractivity contribution in [2.75, 3.05) is 13.1 Å². The number of hydrogen-bond donors (Lipinski definition) is 1. The van der Waals surface area contributed by atoms with E-state index in [0.29, 0.717) is 37.4 Å². The van der Waals surface area contributed by atoms with Gasteiger partial charge in [0.05, 0.1) is 0 Å². The molecule has 1 saturated heterocycles. The smallest absolute Gasteiger partial charge is 0.408 e. The summed E-state index contributed by atoms with van der Waals surface area (Å²) in [5.74, 6) is 0.639. The molecule has 1 aliphatic heterocycles. The minimum absolute atomic E-state index is 0.0356. The third-order valence-electron chi connectivity index (χ3n) is 4.78. The van der Waals surface area contributed by atoms with Gasteiger partial charge in [-0.1, -0.05) is 18.5 Å². The van der Waals surface area contributed by atoms with Crippen molar-refractivity contribution in [3.8, 4) is 5.75 Å². The number of hydrogen-bond acceptors (Lipinski definition) is 3. The van der Waals surface area contributed by atoms with E-state index < -0.39 is 17.7 Å². The van der Waals surface area contributed by atoms with Crippen molar-refractivity contribution in [3.05, 3.63) is 29.3 Å². The van der Waals surface area contributed by atoms with Crippen LogP contribution in [0.25, 0.3) is 0 Å². The van der Waals surface area contributed by atoms with Crippen molar-refractivity contribution in [1.82, 2.24) is 9.80 Å². The quantitative estimate of drug-likeness (QED) is 0.806. The van der Waals surface area contributed by atoms with E-state index in [4.69, 9.17) is 16.3 Å². The number of halogens is 1. The lowest BCUT2D eigenvalue weighted by atomic mass is 10.00. The van der Waals surface area contributed by atoms with Crippen LogP contribution in [0.5, 0.6) is 5.75 Å². The molecule has 0 radical (unpaired) electrons. The van der Waals surface area contributed by atoms with Gasteiger partial charge in [-0.2, -0.15) is 0 Å². The molecule has 6 nitrogen and oxygen atoms in total. The number of nitrogens with zero attached hydrogens (tertiary/aromatic N) is 2. The summed E-state index contributed by atoms with van der Waals surface area (Å²) in [6.07, 6.45) is 0.849. The summed E-state index contributed by atoms with van der Waals surface area (Å²) in [4.78, 5) is 27.8. The first-order chi connectivity index (χ1) is 12.6. The van der Waals surface area contributed by atoms with Gasteiger partial charge in [0.1, 0.15) is 17.9 Å². The third kappa shape index (κ3) is 5.51. The normalized spacial score (nSPS) is 16.7. The topological polar surface area (TPSA) is 70.1 Å². The second-order valence-corrected chi connectivity index (χ2v) is 8.28. The fraction of sp³-hybridized carbons (Fsp3) is 0.600. The number of carboxylic acid groups (broad SMARTS) is 1. The van der Waals surface area contributed by atoms with Crippen LogP contribution in [-0.2, 0) is 4.79 Å². The van der Waals surface area contributed by atoms with Gasteiger partial charge in [-0.25, -0.2) is 4.79 Å². The first kappa shape index (κ1) is 21.4. The Morgan fingerprint density at radius 2 is 1.81 bits per heavy atom. The maximum Gasteiger partial charge on any atom is 0.408 e. The van der Waals surface area contributed by atoms with Crippen molar-refractivity contribution in [2.24, 2.45) is 0 Å². The predicted octanol–water partition coefficient (Wildman–Crippen LogP) is 4.27. The molecule has 0 bridgehead atoms. The Balaban J connectivity index is 1.98. The number of likely N-dealkylation sites (tertiary alicyclic amines) is 1. The van der Waals surface area contributed by atoms with Gasteiger partial charge in [-0.05, 0) is 51.5 Å². The third-order valence-corrected chi connectivity index (χ3v) is 5.03. The number of carbonyl (C=O) groups is 2. The molecule has 0 unspecified atom stereocenters. The Hall–Kier alpha value is -1.95. The highest BCUT2D eigenvalue weighted by atomic mass is 35.5. The summed E-state index contributed by atoms with van der Waals surface area (Å²) in [6.45, 7) is 8.40. The average molecular weight is 397 g/mol.